The molecule has 2 aromatic heterocycles. The zero-order valence-corrected chi connectivity index (χ0v) is 14.1. The first-order chi connectivity index (χ1) is 12.0. The van der Waals surface area contributed by atoms with Gasteiger partial charge in [-0.1, -0.05) is 0 Å². The summed E-state index contributed by atoms with van der Waals surface area (Å²) < 4.78 is 14.9. The van der Waals surface area contributed by atoms with E-state index in [9.17, 15) is 9.18 Å². The number of H-pyrrole nitrogens is 1. The van der Waals surface area contributed by atoms with Gasteiger partial charge in [0.2, 0.25) is 5.91 Å². The third-order valence-electron chi connectivity index (χ3n) is 4.05. The van der Waals surface area contributed by atoms with E-state index in [0.717, 1.165) is 22.6 Å². The average Bonchev–Trinajstić information content (AvgIpc) is 3.22. The Morgan fingerprint density at radius 2 is 2.08 bits per heavy atom. The lowest BCUT2D eigenvalue weighted by molar-refractivity contribution is -0.130. The van der Waals surface area contributed by atoms with Crippen LogP contribution in [0.2, 0.25) is 0 Å². The number of nitrogens with one attached hydrogen (secondary N) is 1. The molecule has 130 valence electrons. The highest BCUT2D eigenvalue weighted by atomic mass is 19.1. The monoisotopic (exact) mass is 342 g/mol. The Labute approximate surface area is 144 Å². The van der Waals surface area contributed by atoms with E-state index in [1.54, 1.807) is 41.2 Å². The molecule has 0 radical (unpaired) electrons. The van der Waals surface area contributed by atoms with Gasteiger partial charge in [-0.2, -0.15) is 5.10 Å². The highest BCUT2D eigenvalue weighted by molar-refractivity contribution is 5.76. The quantitative estimate of drug-likeness (QED) is 0.742. The van der Waals surface area contributed by atoms with Crippen molar-refractivity contribution < 1.29 is 9.18 Å². The van der Waals surface area contributed by atoms with Gasteiger partial charge < -0.3 is 9.47 Å². The van der Waals surface area contributed by atoms with Crippen LogP contribution >= 0.6 is 0 Å². The maximum Gasteiger partial charge on any atom is 0.223 e. The SMILES string of the molecule is CN(Cc1cn[nH]c1-c1ccc(F)cc1)C(=O)CCc1nncn1C. The minimum atomic E-state index is -0.291. The maximum atomic E-state index is 13.1. The minimum absolute atomic E-state index is 0.00857. The first-order valence-corrected chi connectivity index (χ1v) is 7.89. The van der Waals surface area contributed by atoms with Crippen molar-refractivity contribution in [1.29, 1.82) is 0 Å². The lowest BCUT2D eigenvalue weighted by Gasteiger charge is -2.17. The molecule has 2 heterocycles. The number of halogens is 1. The van der Waals surface area contributed by atoms with E-state index in [1.807, 2.05) is 7.05 Å². The molecule has 1 N–H and O–H groups in total. The summed E-state index contributed by atoms with van der Waals surface area (Å²) in [5.41, 5.74) is 2.49. The third-order valence-corrected chi connectivity index (χ3v) is 4.05. The van der Waals surface area contributed by atoms with E-state index >= 15 is 0 Å². The van der Waals surface area contributed by atoms with Crippen molar-refractivity contribution in [3.05, 3.63) is 54.0 Å². The standard InChI is InChI=1S/C17H19FN6O/c1-23(16(25)8-7-15-21-20-11-24(15)2)10-13-9-19-22-17(13)12-3-5-14(18)6-4-12/h3-6,9,11H,7-8,10H2,1-2H3,(H,19,22). The molecule has 25 heavy (non-hydrogen) atoms. The molecular weight excluding hydrogens is 323 g/mol. The van der Waals surface area contributed by atoms with Crippen LogP contribution in [0.3, 0.4) is 0 Å². The van der Waals surface area contributed by atoms with E-state index in [2.05, 4.69) is 20.4 Å². The molecule has 1 aromatic carbocycles. The average molecular weight is 342 g/mol. The van der Waals surface area contributed by atoms with Crippen molar-refractivity contribution in [1.82, 2.24) is 29.9 Å². The summed E-state index contributed by atoms with van der Waals surface area (Å²) in [5, 5.41) is 14.8. The minimum Gasteiger partial charge on any atom is -0.341 e. The zero-order chi connectivity index (χ0) is 17.8. The molecule has 0 saturated carbocycles. The molecule has 3 aromatic rings. The summed E-state index contributed by atoms with van der Waals surface area (Å²) >= 11 is 0. The van der Waals surface area contributed by atoms with Gasteiger partial charge in [-0.3, -0.25) is 9.89 Å². The summed E-state index contributed by atoms with van der Waals surface area (Å²) in [7, 11) is 3.60. The largest absolute Gasteiger partial charge is 0.341 e. The summed E-state index contributed by atoms with van der Waals surface area (Å²) in [4.78, 5) is 14.0. The molecule has 0 aliphatic carbocycles. The molecule has 0 aliphatic rings. The fraction of sp³-hybridized carbons (Fsp3) is 0.294. The topological polar surface area (TPSA) is 79.7 Å². The van der Waals surface area contributed by atoms with Crippen molar-refractivity contribution in [3.8, 4) is 11.3 Å². The summed E-state index contributed by atoms with van der Waals surface area (Å²) in [6.45, 7) is 0.418. The lowest BCUT2D eigenvalue weighted by Crippen LogP contribution is -2.26. The number of aryl methyl sites for hydroxylation is 2. The maximum absolute atomic E-state index is 13.1. The number of aromatic amines is 1. The van der Waals surface area contributed by atoms with Gasteiger partial charge in [0.15, 0.2) is 0 Å². The van der Waals surface area contributed by atoms with Gasteiger partial charge in [-0.15, -0.1) is 10.2 Å². The third kappa shape index (κ3) is 3.90. The fourth-order valence-corrected chi connectivity index (χ4v) is 2.58. The molecular formula is C17H19FN6O. The highest BCUT2D eigenvalue weighted by Crippen LogP contribution is 2.22. The molecule has 0 spiro atoms. The fourth-order valence-electron chi connectivity index (χ4n) is 2.58. The van der Waals surface area contributed by atoms with Gasteiger partial charge in [-0.05, 0) is 24.3 Å². The number of rotatable bonds is 6. The number of carbonyl (C=O) groups is 1. The van der Waals surface area contributed by atoms with Gasteiger partial charge in [0.05, 0.1) is 11.9 Å². The summed E-state index contributed by atoms with van der Waals surface area (Å²) in [6, 6.07) is 6.16. The van der Waals surface area contributed by atoms with Gasteiger partial charge >= 0.3 is 0 Å². The predicted molar refractivity (Wildman–Crippen MR) is 89.8 cm³/mol. The summed E-state index contributed by atoms with van der Waals surface area (Å²) in [6.07, 6.45) is 4.19. The van der Waals surface area contributed by atoms with Crippen LogP contribution in [0.5, 0.6) is 0 Å². The molecule has 0 unspecified atom stereocenters. The van der Waals surface area contributed by atoms with E-state index in [4.69, 9.17) is 0 Å². The predicted octanol–water partition coefficient (Wildman–Crippen LogP) is 1.94. The van der Waals surface area contributed by atoms with Crippen LogP contribution in [0.25, 0.3) is 11.3 Å². The van der Waals surface area contributed by atoms with Crippen LogP contribution in [0.4, 0.5) is 4.39 Å². The zero-order valence-electron chi connectivity index (χ0n) is 14.1. The Kier molecular flexibility index (Phi) is 4.87. The van der Waals surface area contributed by atoms with E-state index in [1.165, 1.54) is 12.1 Å². The van der Waals surface area contributed by atoms with Crippen LogP contribution in [0.15, 0.2) is 36.8 Å². The van der Waals surface area contributed by atoms with Crippen LogP contribution < -0.4 is 0 Å². The molecule has 1 amide bonds. The van der Waals surface area contributed by atoms with E-state index in [-0.39, 0.29) is 11.7 Å². The lowest BCUT2D eigenvalue weighted by atomic mass is 10.1. The van der Waals surface area contributed by atoms with Crippen molar-refractivity contribution in [3.63, 3.8) is 0 Å². The Balaban J connectivity index is 1.64. The molecule has 0 atom stereocenters. The first-order valence-electron chi connectivity index (χ1n) is 7.89. The van der Waals surface area contributed by atoms with Gasteiger partial charge in [0.1, 0.15) is 18.0 Å². The van der Waals surface area contributed by atoms with Gasteiger partial charge in [0.25, 0.3) is 0 Å². The second-order valence-corrected chi connectivity index (χ2v) is 5.89. The first kappa shape index (κ1) is 16.8. The van der Waals surface area contributed by atoms with Crippen LogP contribution in [0, 0.1) is 5.82 Å². The van der Waals surface area contributed by atoms with E-state index in [0.29, 0.717) is 19.4 Å². The molecule has 0 aliphatic heterocycles. The van der Waals surface area contributed by atoms with Crippen molar-refractivity contribution in [2.24, 2.45) is 7.05 Å². The van der Waals surface area contributed by atoms with Crippen molar-refractivity contribution in [2.75, 3.05) is 7.05 Å². The Morgan fingerprint density at radius 3 is 2.76 bits per heavy atom. The molecule has 0 saturated heterocycles. The van der Waals surface area contributed by atoms with Gasteiger partial charge in [0, 0.05) is 44.6 Å². The van der Waals surface area contributed by atoms with Crippen LogP contribution in [-0.4, -0.2) is 42.8 Å². The number of nitrogens with zero attached hydrogens (tertiary/aromatic N) is 5. The second kappa shape index (κ2) is 7.25. The molecule has 7 nitrogen and oxygen atoms in total. The second-order valence-electron chi connectivity index (χ2n) is 5.89. The molecule has 3 rings (SSSR count). The smallest absolute Gasteiger partial charge is 0.223 e. The Hall–Kier alpha value is -3.03. The number of aromatic nitrogens is 5. The van der Waals surface area contributed by atoms with Crippen LogP contribution in [-0.2, 0) is 24.8 Å². The number of amides is 1. The van der Waals surface area contributed by atoms with E-state index < -0.39 is 0 Å². The number of hydrogen-bond acceptors (Lipinski definition) is 4. The normalized spacial score (nSPS) is 10.8. The Bertz CT molecular complexity index is 854. The molecule has 8 heteroatoms. The summed E-state index contributed by atoms with van der Waals surface area (Å²) in [5.74, 6) is 0.493. The molecule has 0 bridgehead atoms. The number of carbonyl (C=O) groups excluding carboxylic acids is 1. The van der Waals surface area contributed by atoms with Crippen molar-refractivity contribution in [2.45, 2.75) is 19.4 Å². The van der Waals surface area contributed by atoms with Crippen LogP contribution in [0.1, 0.15) is 17.8 Å². The van der Waals surface area contributed by atoms with Crippen molar-refractivity contribution >= 4 is 5.91 Å². The number of hydrogen-bond donors (Lipinski definition) is 1. The Morgan fingerprint density at radius 1 is 1.32 bits per heavy atom. The number of benzene rings is 1. The highest BCUT2D eigenvalue weighted by Gasteiger charge is 2.15. The van der Waals surface area contributed by atoms with Gasteiger partial charge in [-0.25, -0.2) is 4.39 Å². The molecule has 0 fully saturated rings.